The minimum Gasteiger partial charge on any atom is -0.363 e. The normalized spacial score (nSPS) is 20.9. The molecule has 12 heteroatoms. The van der Waals surface area contributed by atoms with Crippen molar-refractivity contribution in [3.8, 4) is 6.07 Å². The zero-order chi connectivity index (χ0) is 29.2. The molecule has 3 N–H and O–H groups in total. The molecule has 2 aromatic carbocycles. The van der Waals surface area contributed by atoms with Crippen LogP contribution >= 0.6 is 34.7 Å². The molecule has 6 nitrogen and oxygen atoms in total. The van der Waals surface area contributed by atoms with E-state index in [0.29, 0.717) is 17.4 Å². The number of Topliss-reactive ketones (excluding diaryl/α,β-unsaturated/α-hetero) is 1. The van der Waals surface area contributed by atoms with E-state index in [4.69, 9.17) is 11.6 Å². The first kappa shape index (κ1) is 29.7. The lowest BCUT2D eigenvalue weighted by Crippen LogP contribution is -2.66. The second kappa shape index (κ2) is 11.7. The topological polar surface area (TPSA) is 102 Å². The molecule has 0 bridgehead atoms. The Balaban J connectivity index is 1.80. The number of halogens is 4. The molecule has 0 fully saturated rings. The van der Waals surface area contributed by atoms with Crippen molar-refractivity contribution >= 4 is 52.1 Å². The average Bonchev–Trinajstić information content (AvgIpc) is 3.44. The average molecular weight is 606 g/mol. The molecule has 3 atom stereocenters. The van der Waals surface area contributed by atoms with Gasteiger partial charge in [-0.05, 0) is 54.1 Å². The number of amides is 1. The van der Waals surface area contributed by atoms with Crippen molar-refractivity contribution in [1.29, 1.82) is 5.26 Å². The van der Waals surface area contributed by atoms with Crippen LogP contribution in [0.2, 0.25) is 5.02 Å². The van der Waals surface area contributed by atoms with Gasteiger partial charge in [0.2, 0.25) is 11.6 Å². The lowest BCUT2D eigenvalue weighted by atomic mass is 9.70. The van der Waals surface area contributed by atoms with Crippen LogP contribution in [0.1, 0.15) is 32.3 Å². The van der Waals surface area contributed by atoms with Gasteiger partial charge >= 0.3 is 6.18 Å². The number of alkyl halides is 3. The van der Waals surface area contributed by atoms with Crippen LogP contribution in [-0.4, -0.2) is 34.5 Å². The number of rotatable bonds is 7. The summed E-state index contributed by atoms with van der Waals surface area (Å²) in [6, 6.07) is 16.0. The molecule has 0 spiro atoms. The van der Waals surface area contributed by atoms with Crippen molar-refractivity contribution in [2.45, 2.75) is 31.7 Å². The fourth-order valence-corrected chi connectivity index (χ4v) is 6.40. The Kier molecular flexibility index (Phi) is 8.66. The molecule has 40 heavy (non-hydrogen) atoms. The molecule has 3 aromatic rings. The molecule has 0 unspecified atom stereocenters. The molecule has 2 heterocycles. The number of nitrogens with zero attached hydrogens (tertiary/aromatic N) is 1. The van der Waals surface area contributed by atoms with Crippen molar-refractivity contribution in [1.82, 2.24) is 5.32 Å². The number of benzene rings is 2. The van der Waals surface area contributed by atoms with E-state index in [0.717, 1.165) is 22.5 Å². The number of allylic oxidation sites excluding steroid dienone is 1. The lowest BCUT2D eigenvalue weighted by Gasteiger charge is -2.45. The minimum absolute atomic E-state index is 0.0205. The van der Waals surface area contributed by atoms with Crippen LogP contribution in [0.5, 0.6) is 0 Å². The van der Waals surface area contributed by atoms with Crippen molar-refractivity contribution in [3.05, 3.63) is 97.2 Å². The number of hydrogen-bond acceptors (Lipinski definition) is 7. The molecule has 1 amide bonds. The maximum atomic E-state index is 14.7. The quantitative estimate of drug-likeness (QED) is 0.264. The predicted molar refractivity (Wildman–Crippen MR) is 150 cm³/mol. The Bertz CT molecular complexity index is 1520. The Hall–Kier alpha value is -3.30. The Morgan fingerprint density at radius 3 is 2.52 bits per heavy atom. The Morgan fingerprint density at radius 2 is 1.90 bits per heavy atom. The summed E-state index contributed by atoms with van der Waals surface area (Å²) < 4.78 is 44.0. The highest BCUT2D eigenvalue weighted by Crippen LogP contribution is 2.52. The van der Waals surface area contributed by atoms with Gasteiger partial charge in [-0.2, -0.15) is 18.4 Å². The third-order valence-electron chi connectivity index (χ3n) is 6.71. The molecule has 1 aliphatic heterocycles. The van der Waals surface area contributed by atoms with Crippen molar-refractivity contribution in [3.63, 3.8) is 0 Å². The number of thioether (sulfide) groups is 1. The van der Waals surface area contributed by atoms with Crippen molar-refractivity contribution in [2.75, 3.05) is 11.1 Å². The summed E-state index contributed by atoms with van der Waals surface area (Å²) in [7, 11) is 0. The second-order valence-electron chi connectivity index (χ2n) is 9.15. The number of ketones is 1. The largest absolute Gasteiger partial charge is 0.437 e. The van der Waals surface area contributed by atoms with E-state index in [1.807, 2.05) is 31.3 Å². The van der Waals surface area contributed by atoms with E-state index in [9.17, 15) is 33.1 Å². The molecule has 0 aliphatic carbocycles. The maximum absolute atomic E-state index is 14.7. The van der Waals surface area contributed by atoms with Crippen LogP contribution in [0.15, 0.2) is 70.6 Å². The number of nitrogens with one attached hydrogen (secondary N) is 2. The monoisotopic (exact) mass is 605 g/mol. The predicted octanol–water partition coefficient (Wildman–Crippen LogP) is 6.56. The van der Waals surface area contributed by atoms with Crippen molar-refractivity contribution in [2.24, 2.45) is 5.92 Å². The highest BCUT2D eigenvalue weighted by molar-refractivity contribution is 8.03. The SMILES string of the molecule is Cc1cccc(NC(=O)CSC2=C(C#N)[C@H](c3ccccc3Cl)[C@H](C(=O)c3cccs3)[C@@](O)(C(F)(F)F)N2)c1C. The minimum atomic E-state index is -5.35. The van der Waals surface area contributed by atoms with E-state index in [1.54, 1.807) is 18.2 Å². The molecule has 4 rings (SSSR count). The Labute approximate surface area is 241 Å². The first-order valence-corrected chi connectivity index (χ1v) is 14.2. The molecule has 1 aromatic heterocycles. The standard InChI is InChI=1S/C28H23ClF3N3O3S2/c1-15-7-5-10-20(16(15)2)34-22(36)14-40-26-18(13-33)23(17-8-3-4-9-19(17)29)24(25(37)21-11-6-12-39-21)27(38,35-26)28(30,31)32/h3-12,23-24,35,38H,14H2,1-2H3,(H,34,36)/t23-,24+,27+/m0/s1. The number of hydrogen-bond donors (Lipinski definition) is 3. The summed E-state index contributed by atoms with van der Waals surface area (Å²) in [5.41, 5.74) is -1.65. The molecule has 0 saturated heterocycles. The van der Waals surface area contributed by atoms with Gasteiger partial charge in [-0.1, -0.05) is 59.8 Å². The fraction of sp³-hybridized carbons (Fsp3) is 0.250. The van der Waals surface area contributed by atoms with Crippen LogP contribution in [0.3, 0.4) is 0 Å². The summed E-state index contributed by atoms with van der Waals surface area (Å²) in [6.07, 6.45) is -5.35. The van der Waals surface area contributed by atoms with E-state index < -0.39 is 35.4 Å². The molecular weight excluding hydrogens is 583 g/mol. The number of aryl methyl sites for hydroxylation is 1. The molecule has 0 radical (unpaired) electrons. The van der Waals surface area contributed by atoms with E-state index in [1.165, 1.54) is 35.7 Å². The highest BCUT2D eigenvalue weighted by Gasteiger charge is 2.66. The summed E-state index contributed by atoms with van der Waals surface area (Å²) in [5.74, 6) is -5.67. The summed E-state index contributed by atoms with van der Waals surface area (Å²) >= 11 is 7.92. The van der Waals surface area contributed by atoms with Crippen LogP contribution < -0.4 is 10.6 Å². The third kappa shape index (κ3) is 5.63. The maximum Gasteiger partial charge on any atom is 0.437 e. The Morgan fingerprint density at radius 1 is 1.18 bits per heavy atom. The van der Waals surface area contributed by atoms with E-state index in [-0.39, 0.29) is 31.8 Å². The summed E-state index contributed by atoms with van der Waals surface area (Å²) in [6.45, 7) is 3.69. The van der Waals surface area contributed by atoms with Crippen molar-refractivity contribution < 1.29 is 27.9 Å². The number of thiophene rings is 1. The number of aliphatic hydroxyl groups is 1. The van der Waals surface area contributed by atoms with Crippen LogP contribution in [0.25, 0.3) is 0 Å². The summed E-state index contributed by atoms with van der Waals surface area (Å²) in [4.78, 5) is 26.3. The lowest BCUT2D eigenvalue weighted by molar-refractivity contribution is -0.285. The first-order valence-electron chi connectivity index (χ1n) is 11.9. The fourth-order valence-electron chi connectivity index (χ4n) is 4.53. The second-order valence-corrected chi connectivity index (χ2v) is 11.5. The number of anilines is 1. The smallest absolute Gasteiger partial charge is 0.363 e. The molecular formula is C28H23ClF3N3O3S2. The number of nitriles is 1. The van der Waals surface area contributed by atoms with Gasteiger partial charge in [-0.25, -0.2) is 0 Å². The third-order valence-corrected chi connectivity index (χ3v) is 8.95. The van der Waals surface area contributed by atoms with E-state index >= 15 is 0 Å². The van der Waals surface area contributed by atoms with Gasteiger partial charge < -0.3 is 15.7 Å². The van der Waals surface area contributed by atoms with Gasteiger partial charge in [-0.3, -0.25) is 9.59 Å². The van der Waals surface area contributed by atoms with Crippen LogP contribution in [0, 0.1) is 31.1 Å². The van der Waals surface area contributed by atoms with Gasteiger partial charge in [-0.15, -0.1) is 11.3 Å². The van der Waals surface area contributed by atoms with Crippen LogP contribution in [0.4, 0.5) is 18.9 Å². The molecule has 1 aliphatic rings. The summed E-state index contributed by atoms with van der Waals surface area (Å²) in [5, 5.41) is 27.4. The highest BCUT2D eigenvalue weighted by atomic mass is 35.5. The van der Waals surface area contributed by atoms with Gasteiger partial charge in [0.1, 0.15) is 0 Å². The van der Waals surface area contributed by atoms with Gasteiger partial charge in [0.05, 0.1) is 33.2 Å². The number of carbonyl (C=O) groups excluding carboxylic acids is 2. The van der Waals surface area contributed by atoms with E-state index in [2.05, 4.69) is 5.32 Å². The van der Waals surface area contributed by atoms with Crippen LogP contribution in [-0.2, 0) is 4.79 Å². The molecule has 208 valence electrons. The molecule has 0 saturated carbocycles. The van der Waals surface area contributed by atoms with Gasteiger partial charge in [0.25, 0.3) is 0 Å². The zero-order valence-corrected chi connectivity index (χ0v) is 23.6. The first-order chi connectivity index (χ1) is 18.9. The van der Waals surface area contributed by atoms with Gasteiger partial charge in [0.15, 0.2) is 5.78 Å². The van der Waals surface area contributed by atoms with Gasteiger partial charge in [0, 0.05) is 16.6 Å². The zero-order valence-electron chi connectivity index (χ0n) is 21.2. The number of carbonyl (C=O) groups is 2.